The molecule has 0 saturated heterocycles. The second-order valence-corrected chi connectivity index (χ2v) is 11.6. The van der Waals surface area contributed by atoms with Gasteiger partial charge in [-0.3, -0.25) is 0 Å². The summed E-state index contributed by atoms with van der Waals surface area (Å²) in [4.78, 5) is 26.9. The van der Waals surface area contributed by atoms with Gasteiger partial charge in [0.25, 0.3) is 0 Å². The van der Waals surface area contributed by atoms with Gasteiger partial charge in [-0.2, -0.15) is 0 Å². The second-order valence-electron chi connectivity index (χ2n) is 11.6. The highest BCUT2D eigenvalue weighted by Gasteiger charge is 2.61. The van der Waals surface area contributed by atoms with Crippen LogP contribution in [0.2, 0.25) is 0 Å². The van der Waals surface area contributed by atoms with Gasteiger partial charge < -0.3 is 9.47 Å². The lowest BCUT2D eigenvalue weighted by molar-refractivity contribution is -0.150. The lowest BCUT2D eigenvalue weighted by atomic mass is 9.57. The van der Waals surface area contributed by atoms with Crippen LogP contribution >= 0.6 is 0 Å². The lowest BCUT2D eigenvalue weighted by Crippen LogP contribution is -2.57. The molecule has 0 radical (unpaired) electrons. The first-order chi connectivity index (χ1) is 18.1. The molecule has 8 atom stereocenters. The van der Waals surface area contributed by atoms with E-state index in [1.54, 1.807) is 0 Å². The molecule has 2 aromatic rings. The maximum atomic E-state index is 13.4. The number of hydrogen-bond donors (Lipinski definition) is 0. The van der Waals surface area contributed by atoms with Crippen molar-refractivity contribution in [2.24, 2.45) is 35.5 Å². The molecule has 0 amide bonds. The van der Waals surface area contributed by atoms with Crippen LogP contribution in [0.3, 0.4) is 0 Å². The van der Waals surface area contributed by atoms with Gasteiger partial charge in [0.2, 0.25) is 0 Å². The Hall–Kier alpha value is -2.62. The van der Waals surface area contributed by atoms with Gasteiger partial charge >= 0.3 is 11.9 Å². The average molecular weight is 503 g/mol. The SMILES string of the molecule is CCCCC1C(OC(=O)c2ccccc2)C(OC(=O)c2ccccc2)C(CCCC)C2C3CCC(C3)C12. The molecular weight excluding hydrogens is 460 g/mol. The van der Waals surface area contributed by atoms with Crippen molar-refractivity contribution in [1.29, 1.82) is 0 Å². The van der Waals surface area contributed by atoms with Gasteiger partial charge in [-0.05, 0) is 80.0 Å². The molecule has 3 aliphatic carbocycles. The predicted octanol–water partition coefficient (Wildman–Crippen LogP) is 7.73. The van der Waals surface area contributed by atoms with Crippen molar-refractivity contribution in [2.45, 2.75) is 83.8 Å². The van der Waals surface area contributed by atoms with Crippen LogP contribution in [0.1, 0.15) is 92.4 Å². The molecular formula is C33H42O4. The molecule has 4 nitrogen and oxygen atoms in total. The maximum Gasteiger partial charge on any atom is 0.338 e. The van der Waals surface area contributed by atoms with E-state index < -0.39 is 12.2 Å². The normalized spacial score (nSPS) is 32.1. The van der Waals surface area contributed by atoms with E-state index in [0.29, 0.717) is 34.8 Å². The number of unbranched alkanes of at least 4 members (excludes halogenated alkanes) is 2. The number of esters is 2. The van der Waals surface area contributed by atoms with Gasteiger partial charge in [-0.25, -0.2) is 9.59 Å². The molecule has 3 aliphatic rings. The quantitative estimate of drug-likeness (QED) is 0.312. The average Bonchev–Trinajstić information content (AvgIpc) is 3.56. The Balaban J connectivity index is 1.53. The summed E-state index contributed by atoms with van der Waals surface area (Å²) < 4.78 is 12.9. The van der Waals surface area contributed by atoms with Gasteiger partial charge in [-0.15, -0.1) is 0 Å². The van der Waals surface area contributed by atoms with Crippen LogP contribution in [0.4, 0.5) is 0 Å². The fourth-order valence-electron chi connectivity index (χ4n) is 8.01. The Morgan fingerprint density at radius 3 is 1.46 bits per heavy atom. The number of ether oxygens (including phenoxy) is 2. The zero-order valence-electron chi connectivity index (χ0n) is 22.4. The lowest BCUT2D eigenvalue weighted by Gasteiger charge is -2.52. The summed E-state index contributed by atoms with van der Waals surface area (Å²) in [5.41, 5.74) is 1.12. The van der Waals surface area contributed by atoms with E-state index in [1.807, 2.05) is 60.7 Å². The van der Waals surface area contributed by atoms with Gasteiger partial charge in [0.05, 0.1) is 11.1 Å². The molecule has 0 heterocycles. The minimum atomic E-state index is -0.408. The third kappa shape index (κ3) is 5.35. The molecule has 0 N–H and O–H groups in total. The topological polar surface area (TPSA) is 52.6 Å². The molecule has 4 heteroatoms. The van der Waals surface area contributed by atoms with Crippen LogP contribution in [-0.4, -0.2) is 24.1 Å². The zero-order valence-corrected chi connectivity index (χ0v) is 22.4. The number of carbonyl (C=O) groups excluding carboxylic acids is 2. The molecule has 8 unspecified atom stereocenters. The number of fused-ring (bicyclic) bond motifs is 5. The first kappa shape index (κ1) is 26.0. The Morgan fingerprint density at radius 1 is 0.676 bits per heavy atom. The van der Waals surface area contributed by atoms with E-state index in [2.05, 4.69) is 13.8 Å². The van der Waals surface area contributed by atoms with Crippen LogP contribution < -0.4 is 0 Å². The highest BCUT2D eigenvalue weighted by Crippen LogP contribution is 2.63. The molecule has 198 valence electrons. The summed E-state index contributed by atoms with van der Waals surface area (Å²) in [5.74, 6) is 2.42. The number of hydrogen-bond acceptors (Lipinski definition) is 4. The molecule has 0 spiro atoms. The summed E-state index contributed by atoms with van der Waals surface area (Å²) in [6.07, 6.45) is 9.52. The van der Waals surface area contributed by atoms with Crippen molar-refractivity contribution in [3.05, 3.63) is 71.8 Å². The van der Waals surface area contributed by atoms with Crippen molar-refractivity contribution in [3.63, 3.8) is 0 Å². The first-order valence-electron chi connectivity index (χ1n) is 14.6. The summed E-state index contributed by atoms with van der Waals surface area (Å²) in [5, 5.41) is 0. The van der Waals surface area contributed by atoms with E-state index in [0.717, 1.165) is 38.5 Å². The molecule has 2 aromatic carbocycles. The van der Waals surface area contributed by atoms with E-state index in [4.69, 9.17) is 9.47 Å². The number of benzene rings is 2. The van der Waals surface area contributed by atoms with Gasteiger partial charge in [0.1, 0.15) is 12.2 Å². The van der Waals surface area contributed by atoms with Crippen molar-refractivity contribution >= 4 is 11.9 Å². The summed E-state index contributed by atoms with van der Waals surface area (Å²) in [7, 11) is 0. The minimum absolute atomic E-state index is 0.236. The van der Waals surface area contributed by atoms with E-state index >= 15 is 0 Å². The van der Waals surface area contributed by atoms with E-state index in [1.165, 1.54) is 19.3 Å². The van der Waals surface area contributed by atoms with Crippen LogP contribution in [0.15, 0.2) is 60.7 Å². The highest BCUT2D eigenvalue weighted by molar-refractivity contribution is 5.90. The highest BCUT2D eigenvalue weighted by atomic mass is 16.6. The van der Waals surface area contributed by atoms with E-state index in [9.17, 15) is 9.59 Å². The molecule has 0 aromatic heterocycles. The number of carbonyl (C=O) groups is 2. The first-order valence-corrected chi connectivity index (χ1v) is 14.6. The molecule has 37 heavy (non-hydrogen) atoms. The van der Waals surface area contributed by atoms with Crippen LogP contribution in [-0.2, 0) is 9.47 Å². The minimum Gasteiger partial charge on any atom is -0.455 e. The molecule has 5 rings (SSSR count). The summed E-state index contributed by atoms with van der Waals surface area (Å²) in [6, 6.07) is 18.5. The van der Waals surface area contributed by atoms with Gasteiger partial charge in [-0.1, -0.05) is 75.9 Å². The van der Waals surface area contributed by atoms with Crippen LogP contribution in [0.5, 0.6) is 0 Å². The molecule has 2 bridgehead atoms. The third-order valence-electron chi connectivity index (χ3n) is 9.49. The van der Waals surface area contributed by atoms with Crippen molar-refractivity contribution in [2.75, 3.05) is 0 Å². The van der Waals surface area contributed by atoms with Gasteiger partial charge in [0.15, 0.2) is 0 Å². The van der Waals surface area contributed by atoms with Crippen molar-refractivity contribution < 1.29 is 19.1 Å². The van der Waals surface area contributed by atoms with Gasteiger partial charge in [0, 0.05) is 11.8 Å². The fraction of sp³-hybridized carbons (Fsp3) is 0.576. The van der Waals surface area contributed by atoms with Crippen LogP contribution in [0, 0.1) is 35.5 Å². The number of rotatable bonds is 10. The molecule has 3 saturated carbocycles. The van der Waals surface area contributed by atoms with Crippen LogP contribution in [0.25, 0.3) is 0 Å². The summed E-state index contributed by atoms with van der Waals surface area (Å²) >= 11 is 0. The smallest absolute Gasteiger partial charge is 0.338 e. The zero-order chi connectivity index (χ0) is 25.8. The predicted molar refractivity (Wildman–Crippen MR) is 145 cm³/mol. The van der Waals surface area contributed by atoms with E-state index in [-0.39, 0.29) is 23.8 Å². The Labute approximate surface area is 222 Å². The Bertz CT molecular complexity index is 951. The standard InChI is InChI=1S/C33H42O4/c1-3-5-17-26-28-24-19-20-25(21-24)29(28)27(18-6-4-2)31(37-33(35)23-15-11-8-12-16-23)30(26)36-32(34)22-13-9-7-10-14-22/h7-16,24-31H,3-6,17-21H2,1-2H3. The van der Waals surface area contributed by atoms with Crippen molar-refractivity contribution in [1.82, 2.24) is 0 Å². The molecule has 0 aliphatic heterocycles. The third-order valence-corrected chi connectivity index (χ3v) is 9.49. The Kier molecular flexibility index (Phi) is 8.32. The Morgan fingerprint density at radius 2 is 1.08 bits per heavy atom. The largest absolute Gasteiger partial charge is 0.455 e. The monoisotopic (exact) mass is 502 g/mol. The molecule has 3 fully saturated rings. The fourth-order valence-corrected chi connectivity index (χ4v) is 8.01. The maximum absolute atomic E-state index is 13.4. The summed E-state index contributed by atoms with van der Waals surface area (Å²) in [6.45, 7) is 4.45. The van der Waals surface area contributed by atoms with Crippen molar-refractivity contribution in [3.8, 4) is 0 Å². The second kappa shape index (κ2) is 11.8.